The molecule has 0 heterocycles. The lowest BCUT2D eigenvalue weighted by Gasteiger charge is -2.15. The van der Waals surface area contributed by atoms with E-state index in [-0.39, 0.29) is 0 Å². The van der Waals surface area contributed by atoms with E-state index in [1.165, 1.54) is 0 Å². The number of rotatable bonds is 2. The number of carbonyl (C=O) groups excluding carboxylic acids is 1. The minimum Gasteiger partial charge on any atom is -0.298 e. The first-order valence-corrected chi connectivity index (χ1v) is 4.16. The molecule has 0 aliphatic heterocycles. The zero-order valence-electron chi connectivity index (χ0n) is 7.17. The van der Waals surface area contributed by atoms with E-state index < -0.39 is 4.87 Å². The van der Waals surface area contributed by atoms with Crippen molar-refractivity contribution >= 4 is 17.9 Å². The van der Waals surface area contributed by atoms with E-state index >= 15 is 0 Å². The summed E-state index contributed by atoms with van der Waals surface area (Å²) in [6.45, 7) is 3.80. The molecule has 1 aromatic rings. The molecule has 64 valence electrons. The Morgan fingerprint density at radius 2 is 2.08 bits per heavy atom. The number of hydrogen-bond donors (Lipinski definition) is 0. The van der Waals surface area contributed by atoms with Crippen molar-refractivity contribution < 1.29 is 4.79 Å². The van der Waals surface area contributed by atoms with Gasteiger partial charge in [0.2, 0.25) is 0 Å². The minimum atomic E-state index is -0.404. The lowest BCUT2D eigenvalue weighted by atomic mass is 10.0. The highest BCUT2D eigenvalue weighted by Crippen LogP contribution is 2.27. The van der Waals surface area contributed by atoms with Crippen LogP contribution in [0.4, 0.5) is 0 Å². The second-order valence-electron chi connectivity index (χ2n) is 3.22. The summed E-state index contributed by atoms with van der Waals surface area (Å²) in [5, 5.41) is 0. The maximum atomic E-state index is 10.4. The Morgan fingerprint density at radius 3 is 2.58 bits per heavy atom. The van der Waals surface area contributed by atoms with Gasteiger partial charge in [-0.25, -0.2) is 0 Å². The van der Waals surface area contributed by atoms with Gasteiger partial charge >= 0.3 is 0 Å². The smallest absolute Gasteiger partial charge is 0.150 e. The van der Waals surface area contributed by atoms with Crippen LogP contribution in [0.3, 0.4) is 0 Å². The fourth-order valence-corrected chi connectivity index (χ4v) is 1.10. The third-order valence-corrected chi connectivity index (χ3v) is 1.93. The molecule has 0 spiro atoms. The molecule has 0 radical (unpaired) electrons. The topological polar surface area (TPSA) is 17.1 Å². The van der Waals surface area contributed by atoms with Crippen molar-refractivity contribution in [2.75, 3.05) is 0 Å². The van der Waals surface area contributed by atoms with Gasteiger partial charge in [-0.2, -0.15) is 0 Å². The van der Waals surface area contributed by atoms with Crippen molar-refractivity contribution in [1.29, 1.82) is 0 Å². The lowest BCUT2D eigenvalue weighted by Crippen LogP contribution is -2.07. The third kappa shape index (κ3) is 2.08. The zero-order chi connectivity index (χ0) is 9.19. The van der Waals surface area contributed by atoms with E-state index in [0.29, 0.717) is 5.56 Å². The van der Waals surface area contributed by atoms with Crippen molar-refractivity contribution in [3.8, 4) is 0 Å². The predicted molar refractivity (Wildman–Crippen MR) is 50.7 cm³/mol. The number of alkyl halides is 1. The molecule has 0 bridgehead atoms. The lowest BCUT2D eigenvalue weighted by molar-refractivity contribution is 0.112. The van der Waals surface area contributed by atoms with Crippen LogP contribution in [0, 0.1) is 0 Å². The first kappa shape index (κ1) is 9.27. The van der Waals surface area contributed by atoms with Crippen molar-refractivity contribution in [3.63, 3.8) is 0 Å². The largest absolute Gasteiger partial charge is 0.298 e. The van der Waals surface area contributed by atoms with E-state index in [1.807, 2.05) is 26.0 Å². The molecular formula is C10H11ClO. The Hall–Kier alpha value is -0.820. The van der Waals surface area contributed by atoms with Crippen molar-refractivity contribution in [3.05, 3.63) is 35.4 Å². The molecule has 12 heavy (non-hydrogen) atoms. The Morgan fingerprint density at radius 1 is 1.42 bits per heavy atom. The third-order valence-electron chi connectivity index (χ3n) is 1.71. The molecule has 0 amide bonds. The SMILES string of the molecule is CC(C)(Cl)c1cccc(C=O)c1. The average molecular weight is 183 g/mol. The van der Waals surface area contributed by atoms with Gasteiger partial charge in [0, 0.05) is 5.56 Å². The monoisotopic (exact) mass is 182 g/mol. The first-order chi connectivity index (χ1) is 5.54. The van der Waals surface area contributed by atoms with Gasteiger partial charge < -0.3 is 0 Å². The molecule has 0 aliphatic carbocycles. The predicted octanol–water partition coefficient (Wildman–Crippen LogP) is 2.97. The van der Waals surface area contributed by atoms with Crippen molar-refractivity contribution in [1.82, 2.24) is 0 Å². The normalized spacial score (nSPS) is 11.2. The highest BCUT2D eigenvalue weighted by atomic mass is 35.5. The van der Waals surface area contributed by atoms with Gasteiger partial charge in [0.1, 0.15) is 6.29 Å². The molecule has 0 aromatic heterocycles. The number of aldehydes is 1. The number of carbonyl (C=O) groups is 1. The van der Waals surface area contributed by atoms with Crippen LogP contribution in [0.15, 0.2) is 24.3 Å². The zero-order valence-corrected chi connectivity index (χ0v) is 7.93. The quantitative estimate of drug-likeness (QED) is 0.508. The van der Waals surface area contributed by atoms with Gasteiger partial charge in [-0.15, -0.1) is 11.6 Å². The second-order valence-corrected chi connectivity index (χ2v) is 4.16. The summed E-state index contributed by atoms with van der Waals surface area (Å²) in [6.07, 6.45) is 0.826. The average Bonchev–Trinajstić information content (AvgIpc) is 2.03. The molecule has 0 unspecified atom stereocenters. The fourth-order valence-electron chi connectivity index (χ4n) is 0.982. The van der Waals surface area contributed by atoms with E-state index in [2.05, 4.69) is 0 Å². The maximum absolute atomic E-state index is 10.4. The molecule has 0 aliphatic rings. The molecule has 0 N–H and O–H groups in total. The van der Waals surface area contributed by atoms with Gasteiger partial charge in [-0.1, -0.05) is 18.2 Å². The van der Waals surface area contributed by atoms with Crippen LogP contribution in [0.2, 0.25) is 0 Å². The molecule has 1 nitrogen and oxygen atoms in total. The highest BCUT2D eigenvalue weighted by Gasteiger charge is 2.15. The molecule has 0 saturated heterocycles. The van der Waals surface area contributed by atoms with E-state index in [9.17, 15) is 4.79 Å². The summed E-state index contributed by atoms with van der Waals surface area (Å²) in [5.41, 5.74) is 1.63. The van der Waals surface area contributed by atoms with Gasteiger partial charge in [-0.3, -0.25) is 4.79 Å². The number of benzene rings is 1. The van der Waals surface area contributed by atoms with E-state index in [4.69, 9.17) is 11.6 Å². The van der Waals surface area contributed by atoms with Gasteiger partial charge in [0.25, 0.3) is 0 Å². The maximum Gasteiger partial charge on any atom is 0.150 e. The molecule has 0 fully saturated rings. The van der Waals surface area contributed by atoms with Crippen LogP contribution in [-0.2, 0) is 4.87 Å². The highest BCUT2D eigenvalue weighted by molar-refractivity contribution is 6.23. The molecule has 0 atom stereocenters. The van der Waals surface area contributed by atoms with Crippen molar-refractivity contribution in [2.24, 2.45) is 0 Å². The Bertz CT molecular complexity index is 286. The van der Waals surface area contributed by atoms with Crippen LogP contribution in [0.1, 0.15) is 29.8 Å². The van der Waals surface area contributed by atoms with Crippen molar-refractivity contribution in [2.45, 2.75) is 18.7 Å². The molecule has 1 rings (SSSR count). The summed E-state index contributed by atoms with van der Waals surface area (Å²) in [6, 6.07) is 7.32. The van der Waals surface area contributed by atoms with Gasteiger partial charge in [0.05, 0.1) is 4.87 Å². The minimum absolute atomic E-state index is 0.404. The van der Waals surface area contributed by atoms with Crippen LogP contribution in [0.5, 0.6) is 0 Å². The van der Waals surface area contributed by atoms with Gasteiger partial charge in [-0.05, 0) is 25.5 Å². The van der Waals surface area contributed by atoms with Crippen LogP contribution < -0.4 is 0 Å². The van der Waals surface area contributed by atoms with E-state index in [1.54, 1.807) is 12.1 Å². The second kappa shape index (κ2) is 3.28. The summed E-state index contributed by atoms with van der Waals surface area (Å²) < 4.78 is 0. The Labute approximate surface area is 77.4 Å². The summed E-state index contributed by atoms with van der Waals surface area (Å²) in [7, 11) is 0. The van der Waals surface area contributed by atoms with E-state index in [0.717, 1.165) is 11.8 Å². The first-order valence-electron chi connectivity index (χ1n) is 3.78. The summed E-state index contributed by atoms with van der Waals surface area (Å²) in [5.74, 6) is 0. The van der Waals surface area contributed by atoms with Crippen LogP contribution in [-0.4, -0.2) is 6.29 Å². The molecule has 0 saturated carbocycles. The molecule has 2 heteroatoms. The fraction of sp³-hybridized carbons (Fsp3) is 0.300. The Kier molecular flexibility index (Phi) is 2.53. The number of hydrogen-bond acceptors (Lipinski definition) is 1. The number of halogens is 1. The van der Waals surface area contributed by atoms with Crippen LogP contribution in [0.25, 0.3) is 0 Å². The summed E-state index contributed by atoms with van der Waals surface area (Å²) in [4.78, 5) is 10.0. The Balaban J connectivity index is 3.10. The molecule has 1 aromatic carbocycles. The van der Waals surface area contributed by atoms with Gasteiger partial charge in [0.15, 0.2) is 0 Å². The van der Waals surface area contributed by atoms with Crippen LogP contribution >= 0.6 is 11.6 Å². The standard InChI is InChI=1S/C10H11ClO/c1-10(2,11)9-5-3-4-8(6-9)7-12/h3-7H,1-2H3. The summed E-state index contributed by atoms with van der Waals surface area (Å²) >= 11 is 6.07. The molecular weight excluding hydrogens is 172 g/mol.